The summed E-state index contributed by atoms with van der Waals surface area (Å²) in [6.07, 6.45) is 3.60. The SMILES string of the molecule is CCOC(=O)CCc1csc(N2CCCC(C)(C)C2)n1. The summed E-state index contributed by atoms with van der Waals surface area (Å²) in [5.74, 6) is -0.138. The second-order valence-electron chi connectivity index (χ2n) is 6.12. The molecule has 0 bridgehead atoms. The van der Waals surface area contributed by atoms with Gasteiger partial charge in [0.15, 0.2) is 5.13 Å². The fourth-order valence-electron chi connectivity index (χ4n) is 2.61. The van der Waals surface area contributed by atoms with Gasteiger partial charge in [-0.3, -0.25) is 4.79 Å². The Morgan fingerprint density at radius 2 is 2.35 bits per heavy atom. The number of piperidine rings is 1. The predicted molar refractivity (Wildman–Crippen MR) is 82.3 cm³/mol. The van der Waals surface area contributed by atoms with Gasteiger partial charge in [0.2, 0.25) is 0 Å². The monoisotopic (exact) mass is 296 g/mol. The van der Waals surface area contributed by atoms with E-state index >= 15 is 0 Å². The second-order valence-corrected chi connectivity index (χ2v) is 6.95. The molecule has 2 heterocycles. The molecular weight excluding hydrogens is 272 g/mol. The Bertz CT molecular complexity index is 456. The topological polar surface area (TPSA) is 42.4 Å². The van der Waals surface area contributed by atoms with E-state index in [1.54, 1.807) is 11.3 Å². The smallest absolute Gasteiger partial charge is 0.306 e. The van der Waals surface area contributed by atoms with Crippen molar-refractivity contribution in [3.63, 3.8) is 0 Å². The number of esters is 1. The normalized spacial score (nSPS) is 18.1. The summed E-state index contributed by atoms with van der Waals surface area (Å²) in [7, 11) is 0. The molecule has 2 rings (SSSR count). The minimum Gasteiger partial charge on any atom is -0.466 e. The average molecular weight is 296 g/mol. The van der Waals surface area contributed by atoms with Gasteiger partial charge in [-0.2, -0.15) is 0 Å². The van der Waals surface area contributed by atoms with Gasteiger partial charge in [-0.15, -0.1) is 11.3 Å². The number of rotatable bonds is 5. The highest BCUT2D eigenvalue weighted by Gasteiger charge is 2.27. The number of carbonyl (C=O) groups is 1. The molecule has 1 saturated heterocycles. The molecule has 0 radical (unpaired) electrons. The van der Waals surface area contributed by atoms with Gasteiger partial charge in [0.25, 0.3) is 0 Å². The second kappa shape index (κ2) is 6.57. The number of nitrogens with zero attached hydrogens (tertiary/aromatic N) is 2. The zero-order chi connectivity index (χ0) is 14.6. The van der Waals surface area contributed by atoms with Gasteiger partial charge in [0, 0.05) is 24.9 Å². The fraction of sp³-hybridized carbons (Fsp3) is 0.733. The minimum atomic E-state index is -0.138. The highest BCUT2D eigenvalue weighted by Crippen LogP contribution is 2.33. The number of ether oxygens (including phenoxy) is 1. The van der Waals surface area contributed by atoms with Gasteiger partial charge in [0.1, 0.15) is 0 Å². The highest BCUT2D eigenvalue weighted by molar-refractivity contribution is 7.13. The molecule has 1 fully saturated rings. The van der Waals surface area contributed by atoms with E-state index in [9.17, 15) is 4.79 Å². The lowest BCUT2D eigenvalue weighted by atomic mass is 9.84. The molecule has 0 N–H and O–H groups in total. The molecule has 0 aliphatic carbocycles. The lowest BCUT2D eigenvalue weighted by Crippen LogP contribution is -2.40. The molecule has 1 aromatic heterocycles. The maximum atomic E-state index is 11.4. The summed E-state index contributed by atoms with van der Waals surface area (Å²) < 4.78 is 4.94. The Balaban J connectivity index is 1.90. The largest absolute Gasteiger partial charge is 0.466 e. The summed E-state index contributed by atoms with van der Waals surface area (Å²) in [6, 6.07) is 0. The van der Waals surface area contributed by atoms with E-state index in [0.717, 1.165) is 23.9 Å². The van der Waals surface area contributed by atoms with Crippen LogP contribution in [0.2, 0.25) is 0 Å². The van der Waals surface area contributed by atoms with Crippen molar-refractivity contribution in [3.8, 4) is 0 Å². The minimum absolute atomic E-state index is 0.138. The van der Waals surface area contributed by atoms with Crippen LogP contribution in [0.4, 0.5) is 5.13 Å². The number of hydrogen-bond donors (Lipinski definition) is 0. The van der Waals surface area contributed by atoms with Crippen LogP contribution < -0.4 is 4.90 Å². The molecule has 1 aliphatic heterocycles. The van der Waals surface area contributed by atoms with Gasteiger partial charge in [-0.25, -0.2) is 4.98 Å². The standard InChI is InChI=1S/C15H24N2O2S/c1-4-19-13(18)7-6-12-10-20-14(16-12)17-9-5-8-15(2,3)11-17/h10H,4-9,11H2,1-3H3. The fourth-order valence-corrected chi connectivity index (χ4v) is 3.49. The van der Waals surface area contributed by atoms with Gasteiger partial charge in [-0.05, 0) is 25.2 Å². The Hall–Kier alpha value is -1.10. The van der Waals surface area contributed by atoms with E-state index in [1.165, 1.54) is 12.8 Å². The van der Waals surface area contributed by atoms with E-state index in [1.807, 2.05) is 6.92 Å². The van der Waals surface area contributed by atoms with Crippen molar-refractivity contribution in [2.75, 3.05) is 24.6 Å². The Morgan fingerprint density at radius 3 is 3.05 bits per heavy atom. The number of hydrogen-bond acceptors (Lipinski definition) is 5. The van der Waals surface area contributed by atoms with E-state index in [2.05, 4.69) is 29.1 Å². The first-order valence-electron chi connectivity index (χ1n) is 7.35. The molecule has 0 spiro atoms. The summed E-state index contributed by atoms with van der Waals surface area (Å²) >= 11 is 1.68. The average Bonchev–Trinajstić information content (AvgIpc) is 2.84. The lowest BCUT2D eigenvalue weighted by Gasteiger charge is -2.37. The third-order valence-corrected chi connectivity index (χ3v) is 4.55. The third kappa shape index (κ3) is 4.20. The zero-order valence-electron chi connectivity index (χ0n) is 12.6. The van der Waals surface area contributed by atoms with Gasteiger partial charge in [-0.1, -0.05) is 13.8 Å². The van der Waals surface area contributed by atoms with Crippen molar-refractivity contribution < 1.29 is 9.53 Å². The van der Waals surface area contributed by atoms with Crippen LogP contribution in [-0.4, -0.2) is 30.6 Å². The van der Waals surface area contributed by atoms with E-state index in [4.69, 9.17) is 4.74 Å². The van der Waals surface area contributed by atoms with Crippen LogP contribution >= 0.6 is 11.3 Å². The summed E-state index contributed by atoms with van der Waals surface area (Å²) in [6.45, 7) is 9.07. The molecule has 0 atom stereocenters. The maximum absolute atomic E-state index is 11.4. The van der Waals surface area contributed by atoms with Crippen LogP contribution in [0.15, 0.2) is 5.38 Å². The number of anilines is 1. The van der Waals surface area contributed by atoms with Crippen LogP contribution in [0.1, 0.15) is 45.7 Å². The van der Waals surface area contributed by atoms with Gasteiger partial charge in [0.05, 0.1) is 18.7 Å². The molecule has 20 heavy (non-hydrogen) atoms. The molecule has 0 amide bonds. The van der Waals surface area contributed by atoms with E-state index in [-0.39, 0.29) is 5.97 Å². The molecule has 0 unspecified atom stereocenters. The van der Waals surface area contributed by atoms with Crippen molar-refractivity contribution in [2.45, 2.75) is 46.5 Å². The van der Waals surface area contributed by atoms with Gasteiger partial charge < -0.3 is 9.64 Å². The molecule has 1 aromatic rings. The van der Waals surface area contributed by atoms with E-state index < -0.39 is 0 Å². The first kappa shape index (κ1) is 15.3. The highest BCUT2D eigenvalue weighted by atomic mass is 32.1. The van der Waals surface area contributed by atoms with Crippen LogP contribution in [0.3, 0.4) is 0 Å². The van der Waals surface area contributed by atoms with Crippen LogP contribution in [-0.2, 0) is 16.0 Å². The summed E-state index contributed by atoms with van der Waals surface area (Å²) in [5, 5.41) is 3.16. The first-order valence-corrected chi connectivity index (χ1v) is 8.23. The molecule has 1 aliphatic rings. The van der Waals surface area contributed by atoms with E-state index in [0.29, 0.717) is 24.9 Å². The van der Waals surface area contributed by atoms with Crippen LogP contribution in [0.25, 0.3) is 0 Å². The maximum Gasteiger partial charge on any atom is 0.306 e. The lowest BCUT2D eigenvalue weighted by molar-refractivity contribution is -0.143. The zero-order valence-corrected chi connectivity index (χ0v) is 13.5. The third-order valence-electron chi connectivity index (χ3n) is 3.60. The molecule has 5 heteroatoms. The van der Waals surface area contributed by atoms with Crippen molar-refractivity contribution in [1.82, 2.24) is 4.98 Å². The Kier molecular flexibility index (Phi) is 5.02. The number of aromatic nitrogens is 1. The van der Waals surface area contributed by atoms with Crippen molar-refractivity contribution in [1.29, 1.82) is 0 Å². The Morgan fingerprint density at radius 1 is 1.55 bits per heavy atom. The summed E-state index contributed by atoms with van der Waals surface area (Å²) in [5.41, 5.74) is 1.37. The molecular formula is C15H24N2O2S. The molecule has 112 valence electrons. The van der Waals surface area contributed by atoms with Crippen LogP contribution in [0.5, 0.6) is 0 Å². The summed E-state index contributed by atoms with van der Waals surface area (Å²) in [4.78, 5) is 18.4. The molecule has 0 saturated carbocycles. The molecule has 0 aromatic carbocycles. The van der Waals surface area contributed by atoms with Crippen molar-refractivity contribution in [3.05, 3.63) is 11.1 Å². The van der Waals surface area contributed by atoms with Gasteiger partial charge >= 0.3 is 5.97 Å². The number of carbonyl (C=O) groups excluding carboxylic acids is 1. The Labute approximate surface area is 125 Å². The quantitative estimate of drug-likeness (QED) is 0.782. The predicted octanol–water partition coefficient (Wildman–Crippen LogP) is 3.27. The van der Waals surface area contributed by atoms with Crippen molar-refractivity contribution >= 4 is 22.4 Å². The first-order chi connectivity index (χ1) is 9.50. The number of thiazole rings is 1. The van der Waals surface area contributed by atoms with Crippen molar-refractivity contribution in [2.24, 2.45) is 5.41 Å². The molecule has 4 nitrogen and oxygen atoms in total. The number of aryl methyl sites for hydroxylation is 1. The van der Waals surface area contributed by atoms with Crippen LogP contribution in [0, 0.1) is 5.41 Å².